The summed E-state index contributed by atoms with van der Waals surface area (Å²) in [5.41, 5.74) is 1.86. The Morgan fingerprint density at radius 1 is 1.10 bits per heavy atom. The fourth-order valence-corrected chi connectivity index (χ4v) is 4.07. The van der Waals surface area contributed by atoms with Gasteiger partial charge >= 0.3 is 6.03 Å². The minimum Gasteiger partial charge on any atom is -0.497 e. The van der Waals surface area contributed by atoms with Crippen LogP contribution in [0.15, 0.2) is 59.8 Å². The number of urea groups is 1. The fourth-order valence-electron chi connectivity index (χ4n) is 3.19. The van der Waals surface area contributed by atoms with Crippen LogP contribution in [0.25, 0.3) is 17.1 Å². The topological polar surface area (TPSA) is 89.4 Å². The average Bonchev–Trinajstić information content (AvgIpc) is 3.35. The van der Waals surface area contributed by atoms with Gasteiger partial charge in [-0.2, -0.15) is 0 Å². The molecule has 0 radical (unpaired) electrons. The third kappa shape index (κ3) is 4.16. The molecule has 1 N–H and O–H groups in total. The van der Waals surface area contributed by atoms with E-state index in [1.54, 1.807) is 18.9 Å². The van der Waals surface area contributed by atoms with E-state index in [1.165, 1.54) is 4.90 Å². The van der Waals surface area contributed by atoms with Gasteiger partial charge in [0.1, 0.15) is 5.75 Å². The molecule has 1 aliphatic heterocycles. The van der Waals surface area contributed by atoms with E-state index in [9.17, 15) is 9.59 Å². The van der Waals surface area contributed by atoms with Crippen LogP contribution in [0, 0.1) is 0 Å². The van der Waals surface area contributed by atoms with Crippen LogP contribution >= 0.6 is 11.8 Å². The number of ether oxygens (including phenoxy) is 1. The maximum atomic E-state index is 11.7. The molecule has 2 heterocycles. The minimum absolute atomic E-state index is 0.0816. The van der Waals surface area contributed by atoms with Crippen LogP contribution in [0.1, 0.15) is 6.42 Å². The number of hydrogen-bond donors (Lipinski definition) is 1. The van der Waals surface area contributed by atoms with Crippen molar-refractivity contribution in [3.63, 3.8) is 0 Å². The lowest BCUT2D eigenvalue weighted by molar-refractivity contribution is -0.124. The van der Waals surface area contributed by atoms with Gasteiger partial charge in [-0.1, -0.05) is 42.1 Å². The lowest BCUT2D eigenvalue weighted by Gasteiger charge is -2.13. The number of carbonyl (C=O) groups excluding carboxylic acids is 2. The Balaban J connectivity index is 1.55. The molecule has 9 heteroatoms. The lowest BCUT2D eigenvalue weighted by Crippen LogP contribution is -2.32. The van der Waals surface area contributed by atoms with E-state index in [-0.39, 0.29) is 18.5 Å². The Morgan fingerprint density at radius 3 is 2.67 bits per heavy atom. The summed E-state index contributed by atoms with van der Waals surface area (Å²) in [5.74, 6) is 1.98. The molecule has 0 saturated carbocycles. The monoisotopic (exact) mass is 423 g/mol. The van der Waals surface area contributed by atoms with Gasteiger partial charge < -0.3 is 10.1 Å². The predicted molar refractivity (Wildman–Crippen MR) is 114 cm³/mol. The second-order valence-electron chi connectivity index (χ2n) is 6.62. The van der Waals surface area contributed by atoms with Crippen molar-refractivity contribution >= 4 is 23.7 Å². The van der Waals surface area contributed by atoms with Crippen LogP contribution in [0.3, 0.4) is 0 Å². The zero-order chi connectivity index (χ0) is 20.9. The Hall–Kier alpha value is -3.33. The number of thioether (sulfide) groups is 1. The number of rotatable bonds is 8. The van der Waals surface area contributed by atoms with E-state index in [0.29, 0.717) is 18.7 Å². The van der Waals surface area contributed by atoms with Gasteiger partial charge in [0.05, 0.1) is 13.7 Å². The number of nitrogens with one attached hydrogen (secondary N) is 1. The highest BCUT2D eigenvalue weighted by Gasteiger charge is 2.27. The molecule has 0 spiro atoms. The van der Waals surface area contributed by atoms with Crippen LogP contribution in [-0.4, -0.2) is 57.6 Å². The van der Waals surface area contributed by atoms with E-state index in [1.807, 2.05) is 59.2 Å². The summed E-state index contributed by atoms with van der Waals surface area (Å²) in [6.45, 7) is 0.470. The van der Waals surface area contributed by atoms with Gasteiger partial charge in [0.2, 0.25) is 5.91 Å². The SMILES string of the molecule is COc1cccc(-c2nnc(SCCCN3C(=O)CNC3=O)n2-c2ccccc2)c1. The maximum absolute atomic E-state index is 11.7. The van der Waals surface area contributed by atoms with E-state index in [2.05, 4.69) is 15.5 Å². The molecule has 4 rings (SSSR count). The predicted octanol–water partition coefficient (Wildman–Crippen LogP) is 2.98. The van der Waals surface area contributed by atoms with Gasteiger partial charge in [-0.25, -0.2) is 4.79 Å². The highest BCUT2D eigenvalue weighted by atomic mass is 32.2. The van der Waals surface area contributed by atoms with Crippen LogP contribution in [0.2, 0.25) is 0 Å². The van der Waals surface area contributed by atoms with E-state index >= 15 is 0 Å². The number of hydrogen-bond acceptors (Lipinski definition) is 6. The highest BCUT2D eigenvalue weighted by Crippen LogP contribution is 2.29. The molecule has 0 atom stereocenters. The molecule has 154 valence electrons. The molecule has 8 nitrogen and oxygen atoms in total. The fraction of sp³-hybridized carbons (Fsp3) is 0.238. The molecule has 30 heavy (non-hydrogen) atoms. The van der Waals surface area contributed by atoms with E-state index in [4.69, 9.17) is 4.74 Å². The molecule has 3 aromatic rings. The summed E-state index contributed by atoms with van der Waals surface area (Å²) in [7, 11) is 1.63. The van der Waals surface area contributed by atoms with Gasteiger partial charge in [0.25, 0.3) is 0 Å². The van der Waals surface area contributed by atoms with Crippen molar-refractivity contribution < 1.29 is 14.3 Å². The number of aromatic nitrogens is 3. The quantitative estimate of drug-likeness (QED) is 0.340. The third-order valence-electron chi connectivity index (χ3n) is 4.67. The van der Waals surface area contributed by atoms with Gasteiger partial charge in [-0.15, -0.1) is 10.2 Å². The van der Waals surface area contributed by atoms with Gasteiger partial charge in [-0.3, -0.25) is 14.3 Å². The summed E-state index contributed by atoms with van der Waals surface area (Å²) in [4.78, 5) is 24.6. The van der Waals surface area contributed by atoms with Crippen molar-refractivity contribution in [3.05, 3.63) is 54.6 Å². The van der Waals surface area contributed by atoms with Crippen molar-refractivity contribution in [2.75, 3.05) is 26.0 Å². The minimum atomic E-state index is -0.322. The molecule has 1 saturated heterocycles. The molecule has 0 aliphatic carbocycles. The smallest absolute Gasteiger partial charge is 0.324 e. The first-order chi connectivity index (χ1) is 14.7. The average molecular weight is 423 g/mol. The van der Waals surface area contributed by atoms with Crippen molar-refractivity contribution in [2.45, 2.75) is 11.6 Å². The van der Waals surface area contributed by atoms with E-state index in [0.717, 1.165) is 28.0 Å². The molecule has 2 aromatic carbocycles. The summed E-state index contributed by atoms with van der Waals surface area (Å²) in [6, 6.07) is 17.3. The molecule has 1 aromatic heterocycles. The number of imide groups is 1. The second-order valence-corrected chi connectivity index (χ2v) is 7.68. The summed E-state index contributed by atoms with van der Waals surface area (Å²) in [5, 5.41) is 12.1. The largest absolute Gasteiger partial charge is 0.497 e. The Bertz CT molecular complexity index is 1040. The van der Waals surface area contributed by atoms with Crippen LogP contribution in [-0.2, 0) is 4.79 Å². The molecular formula is C21H21N5O3S. The highest BCUT2D eigenvalue weighted by molar-refractivity contribution is 7.99. The molecule has 1 fully saturated rings. The third-order valence-corrected chi connectivity index (χ3v) is 5.69. The number of benzene rings is 2. The van der Waals surface area contributed by atoms with Crippen molar-refractivity contribution in [2.24, 2.45) is 0 Å². The normalized spacial score (nSPS) is 13.6. The van der Waals surface area contributed by atoms with Crippen LogP contribution in [0.5, 0.6) is 5.75 Å². The first-order valence-electron chi connectivity index (χ1n) is 9.53. The molecule has 3 amide bonds. The first-order valence-corrected chi connectivity index (χ1v) is 10.5. The van der Waals surface area contributed by atoms with Crippen molar-refractivity contribution in [1.82, 2.24) is 25.0 Å². The van der Waals surface area contributed by atoms with Crippen molar-refractivity contribution in [3.8, 4) is 22.8 Å². The number of carbonyl (C=O) groups is 2. The Kier molecular flexibility index (Phi) is 5.99. The number of amides is 3. The maximum Gasteiger partial charge on any atom is 0.324 e. The number of para-hydroxylation sites is 1. The summed E-state index contributed by atoms with van der Waals surface area (Å²) in [6.07, 6.45) is 0.667. The van der Waals surface area contributed by atoms with Crippen LogP contribution < -0.4 is 10.1 Å². The summed E-state index contributed by atoms with van der Waals surface area (Å²) < 4.78 is 7.35. The van der Waals surface area contributed by atoms with Crippen LogP contribution in [0.4, 0.5) is 4.79 Å². The Labute approximate surface area is 178 Å². The molecular weight excluding hydrogens is 402 g/mol. The van der Waals surface area contributed by atoms with Gasteiger partial charge in [0.15, 0.2) is 11.0 Å². The lowest BCUT2D eigenvalue weighted by atomic mass is 10.2. The summed E-state index contributed by atoms with van der Waals surface area (Å²) >= 11 is 1.54. The van der Waals surface area contributed by atoms with Gasteiger partial charge in [-0.05, 0) is 30.7 Å². The molecule has 1 aliphatic rings. The van der Waals surface area contributed by atoms with Gasteiger partial charge in [0, 0.05) is 23.5 Å². The number of methoxy groups -OCH3 is 1. The zero-order valence-electron chi connectivity index (χ0n) is 16.4. The first kappa shape index (κ1) is 20.0. The standard InChI is InChI=1S/C21H21N5O3S/c1-29-17-10-5-7-15(13-17)19-23-24-21(26(19)16-8-3-2-4-9-16)30-12-6-11-25-18(27)14-22-20(25)28/h2-5,7-10,13H,6,11-12,14H2,1H3,(H,22,28). The number of nitrogens with zero attached hydrogens (tertiary/aromatic N) is 4. The molecule has 0 unspecified atom stereocenters. The zero-order valence-corrected chi connectivity index (χ0v) is 17.3. The van der Waals surface area contributed by atoms with Crippen molar-refractivity contribution in [1.29, 1.82) is 0 Å². The molecule has 0 bridgehead atoms. The van der Waals surface area contributed by atoms with E-state index < -0.39 is 0 Å². The Morgan fingerprint density at radius 2 is 1.93 bits per heavy atom. The second kappa shape index (κ2) is 9.00.